The van der Waals surface area contributed by atoms with Gasteiger partial charge in [0.1, 0.15) is 5.69 Å². The third-order valence-electron chi connectivity index (χ3n) is 3.27. The molecule has 2 N–H and O–H groups in total. The van der Waals surface area contributed by atoms with E-state index < -0.39 is 5.97 Å². The number of amides is 1. The molecule has 0 spiro atoms. The van der Waals surface area contributed by atoms with E-state index in [4.69, 9.17) is 5.11 Å². The first-order chi connectivity index (χ1) is 10.2. The summed E-state index contributed by atoms with van der Waals surface area (Å²) < 4.78 is 0. The Morgan fingerprint density at radius 2 is 1.67 bits per heavy atom. The Bertz CT molecular complexity index is 407. The summed E-state index contributed by atoms with van der Waals surface area (Å²) in [5.41, 5.74) is 2.16. The largest absolute Gasteiger partial charge is 0.481 e. The second-order valence-corrected chi connectivity index (χ2v) is 5.82. The Hall–Kier alpha value is -1.43. The van der Waals surface area contributed by atoms with Crippen molar-refractivity contribution in [2.24, 2.45) is 0 Å². The Balaban J connectivity index is 1.82. The van der Waals surface area contributed by atoms with Gasteiger partial charge >= 0.3 is 5.97 Å². The lowest BCUT2D eigenvalue weighted by atomic mass is 10.1. The summed E-state index contributed by atoms with van der Waals surface area (Å²) in [4.78, 5) is 25.9. The van der Waals surface area contributed by atoms with Crippen LogP contribution in [0.4, 0.5) is 0 Å². The van der Waals surface area contributed by atoms with Gasteiger partial charge in [-0.2, -0.15) is 0 Å². The van der Waals surface area contributed by atoms with Crippen LogP contribution in [-0.4, -0.2) is 28.5 Å². The van der Waals surface area contributed by atoms with Gasteiger partial charge in [-0.1, -0.05) is 38.5 Å². The molecule has 1 aromatic rings. The fourth-order valence-corrected chi connectivity index (χ4v) is 2.61. The number of thiazole rings is 1. The van der Waals surface area contributed by atoms with Crippen LogP contribution in [0, 0.1) is 0 Å². The average Bonchev–Trinajstić information content (AvgIpc) is 2.98. The second-order valence-electron chi connectivity index (χ2n) is 5.10. The monoisotopic (exact) mass is 312 g/mol. The number of nitrogens with zero attached hydrogens (tertiary/aromatic N) is 1. The van der Waals surface area contributed by atoms with E-state index >= 15 is 0 Å². The van der Waals surface area contributed by atoms with Crippen molar-refractivity contribution in [2.45, 2.75) is 57.8 Å². The molecule has 6 heteroatoms. The van der Waals surface area contributed by atoms with Crippen LogP contribution >= 0.6 is 11.3 Å². The first-order valence-electron chi connectivity index (χ1n) is 7.58. The molecule has 0 bridgehead atoms. The molecule has 0 aliphatic rings. The highest BCUT2D eigenvalue weighted by Gasteiger charge is 2.05. The summed E-state index contributed by atoms with van der Waals surface area (Å²) in [6.07, 6.45) is 8.85. The molecule has 1 heterocycles. The van der Waals surface area contributed by atoms with Crippen LogP contribution in [0.1, 0.15) is 68.3 Å². The minimum absolute atomic E-state index is 0.0883. The maximum atomic E-state index is 11.6. The highest BCUT2D eigenvalue weighted by molar-refractivity contribution is 7.07. The highest BCUT2D eigenvalue weighted by atomic mass is 32.1. The van der Waals surface area contributed by atoms with Crippen LogP contribution in [0.5, 0.6) is 0 Å². The summed E-state index contributed by atoms with van der Waals surface area (Å²) in [5, 5.41) is 13.1. The molecule has 118 valence electrons. The molecule has 0 radical (unpaired) electrons. The number of aromatic nitrogens is 1. The number of rotatable bonds is 12. The molecule has 0 aliphatic heterocycles. The molecule has 5 nitrogen and oxygen atoms in total. The normalized spacial score (nSPS) is 10.5. The number of carbonyl (C=O) groups is 2. The number of aliphatic carboxylic acids is 1. The third-order valence-corrected chi connectivity index (χ3v) is 3.85. The van der Waals surface area contributed by atoms with Crippen molar-refractivity contribution in [3.05, 3.63) is 16.6 Å². The van der Waals surface area contributed by atoms with Gasteiger partial charge in [-0.3, -0.25) is 9.59 Å². The summed E-state index contributed by atoms with van der Waals surface area (Å²) in [6, 6.07) is 0. The Kier molecular flexibility index (Phi) is 9.44. The molecule has 1 aromatic heterocycles. The number of carboxylic acids is 1. The number of carboxylic acid groups (broad SMARTS) is 1. The van der Waals surface area contributed by atoms with E-state index in [-0.39, 0.29) is 5.91 Å². The number of carbonyl (C=O) groups excluding carboxylic acids is 1. The molecule has 1 rings (SSSR count). The Morgan fingerprint density at radius 1 is 1.05 bits per heavy atom. The van der Waals surface area contributed by atoms with Gasteiger partial charge < -0.3 is 10.4 Å². The van der Waals surface area contributed by atoms with Gasteiger partial charge in [-0.15, -0.1) is 11.3 Å². The Morgan fingerprint density at radius 3 is 2.24 bits per heavy atom. The lowest BCUT2D eigenvalue weighted by molar-refractivity contribution is -0.137. The van der Waals surface area contributed by atoms with Crippen molar-refractivity contribution in [1.82, 2.24) is 10.3 Å². The lowest BCUT2D eigenvalue weighted by Crippen LogP contribution is -2.24. The van der Waals surface area contributed by atoms with Gasteiger partial charge in [-0.25, -0.2) is 4.98 Å². The predicted octanol–water partition coefficient (Wildman–Crippen LogP) is 3.47. The van der Waals surface area contributed by atoms with Gasteiger partial charge in [0, 0.05) is 18.3 Å². The van der Waals surface area contributed by atoms with Crippen LogP contribution in [0.2, 0.25) is 0 Å². The number of nitrogens with one attached hydrogen (secondary N) is 1. The molecule has 0 unspecified atom stereocenters. The van der Waals surface area contributed by atoms with Crippen molar-refractivity contribution in [2.75, 3.05) is 6.54 Å². The summed E-state index contributed by atoms with van der Waals surface area (Å²) in [6.45, 7) is 0.703. The van der Waals surface area contributed by atoms with E-state index in [2.05, 4.69) is 10.3 Å². The number of hydrogen-bond donors (Lipinski definition) is 2. The fourth-order valence-electron chi connectivity index (χ4n) is 2.08. The first-order valence-corrected chi connectivity index (χ1v) is 8.52. The second kappa shape index (κ2) is 11.3. The van der Waals surface area contributed by atoms with E-state index in [1.807, 2.05) is 0 Å². The molecule has 1 amide bonds. The topological polar surface area (TPSA) is 79.3 Å². The van der Waals surface area contributed by atoms with Gasteiger partial charge in [0.25, 0.3) is 5.91 Å². The maximum Gasteiger partial charge on any atom is 0.303 e. The highest BCUT2D eigenvalue weighted by Crippen LogP contribution is 2.09. The van der Waals surface area contributed by atoms with Crippen molar-refractivity contribution in [3.8, 4) is 0 Å². The molecular weight excluding hydrogens is 288 g/mol. The van der Waals surface area contributed by atoms with E-state index in [9.17, 15) is 9.59 Å². The summed E-state index contributed by atoms with van der Waals surface area (Å²) in [7, 11) is 0. The van der Waals surface area contributed by atoms with Crippen LogP contribution in [0.25, 0.3) is 0 Å². The SMILES string of the molecule is O=C(O)CCCCCCCCCCNC(=O)c1cscn1. The van der Waals surface area contributed by atoms with Crippen molar-refractivity contribution < 1.29 is 14.7 Å². The zero-order chi connectivity index (χ0) is 15.3. The Labute approximate surface area is 129 Å². The third kappa shape index (κ3) is 9.18. The summed E-state index contributed by atoms with van der Waals surface area (Å²) >= 11 is 1.42. The van der Waals surface area contributed by atoms with Gasteiger partial charge in [0.2, 0.25) is 0 Å². The molecule has 0 aliphatic carbocycles. The van der Waals surface area contributed by atoms with Gasteiger partial charge in [-0.05, 0) is 12.8 Å². The van der Waals surface area contributed by atoms with Gasteiger partial charge in [0.15, 0.2) is 0 Å². The molecule has 0 aromatic carbocycles. The van der Waals surface area contributed by atoms with E-state index in [1.54, 1.807) is 10.9 Å². The van der Waals surface area contributed by atoms with E-state index in [0.29, 0.717) is 18.7 Å². The molecule has 0 saturated carbocycles. The van der Waals surface area contributed by atoms with E-state index in [1.165, 1.54) is 30.6 Å². The smallest absolute Gasteiger partial charge is 0.303 e. The molecule has 0 atom stereocenters. The van der Waals surface area contributed by atoms with Crippen LogP contribution < -0.4 is 5.32 Å². The van der Waals surface area contributed by atoms with Crippen molar-refractivity contribution in [3.63, 3.8) is 0 Å². The maximum absolute atomic E-state index is 11.6. The van der Waals surface area contributed by atoms with Crippen LogP contribution in [0.3, 0.4) is 0 Å². The minimum Gasteiger partial charge on any atom is -0.481 e. The number of hydrogen-bond acceptors (Lipinski definition) is 4. The van der Waals surface area contributed by atoms with E-state index in [0.717, 1.165) is 32.1 Å². The van der Waals surface area contributed by atoms with Gasteiger partial charge in [0.05, 0.1) is 5.51 Å². The number of unbranched alkanes of at least 4 members (excludes halogenated alkanes) is 7. The van der Waals surface area contributed by atoms with Crippen molar-refractivity contribution in [1.29, 1.82) is 0 Å². The lowest BCUT2D eigenvalue weighted by Gasteiger charge is -2.04. The minimum atomic E-state index is -0.699. The zero-order valence-corrected chi connectivity index (χ0v) is 13.2. The van der Waals surface area contributed by atoms with Crippen LogP contribution in [0.15, 0.2) is 10.9 Å². The quantitative estimate of drug-likeness (QED) is 0.579. The first kappa shape index (κ1) is 17.6. The molecule has 0 fully saturated rings. The molecule has 21 heavy (non-hydrogen) atoms. The molecule has 0 saturated heterocycles. The van der Waals surface area contributed by atoms with Crippen LogP contribution in [-0.2, 0) is 4.79 Å². The fraction of sp³-hybridized carbons (Fsp3) is 0.667. The summed E-state index contributed by atoms with van der Waals surface area (Å²) in [5.74, 6) is -0.788. The predicted molar refractivity (Wildman–Crippen MR) is 83.6 cm³/mol. The zero-order valence-electron chi connectivity index (χ0n) is 12.3. The average molecular weight is 312 g/mol. The van der Waals surface area contributed by atoms with Crippen molar-refractivity contribution >= 4 is 23.2 Å². The molecular formula is C15H24N2O3S. The standard InChI is InChI=1S/C15H24N2O3S/c18-14(19)9-7-5-3-1-2-4-6-8-10-16-15(20)13-11-21-12-17-13/h11-12H,1-10H2,(H,16,20)(H,18,19).